The Morgan fingerprint density at radius 2 is 1.87 bits per heavy atom. The number of halogens is 2. The zero-order valence-electron chi connectivity index (χ0n) is 8.89. The van der Waals surface area contributed by atoms with Gasteiger partial charge in [-0.05, 0) is 24.2 Å². The molecule has 2 nitrogen and oxygen atoms in total. The molecule has 0 radical (unpaired) electrons. The summed E-state index contributed by atoms with van der Waals surface area (Å²) in [5.74, 6) is -0.900. The Labute approximate surface area is 129 Å². The normalized spacial score (nSPS) is 20.5. The summed E-state index contributed by atoms with van der Waals surface area (Å²) < 4.78 is 0.892. The summed E-state index contributed by atoms with van der Waals surface area (Å²) in [5, 5.41) is 11.2. The predicted octanol–water partition coefficient (Wildman–Crippen LogP) is -0.288. The molecule has 0 aromatic heterocycles. The van der Waals surface area contributed by atoms with E-state index in [-0.39, 0.29) is 29.6 Å². The summed E-state index contributed by atoms with van der Waals surface area (Å²) in [4.78, 5) is 12.9. The Bertz CT molecular complexity index is 248. The smallest absolute Gasteiger partial charge is 0.550 e. The van der Waals surface area contributed by atoms with Gasteiger partial charge in [0.05, 0.1) is 0 Å². The minimum absolute atomic E-state index is 0. The van der Waals surface area contributed by atoms with Crippen molar-refractivity contribution in [1.82, 2.24) is 0 Å². The van der Waals surface area contributed by atoms with Crippen molar-refractivity contribution in [2.24, 2.45) is 5.41 Å². The third-order valence-corrected chi connectivity index (χ3v) is 4.55. The molecule has 0 spiro atoms. The first-order valence-corrected chi connectivity index (χ1v) is 6.48. The van der Waals surface area contributed by atoms with Crippen LogP contribution >= 0.6 is 31.9 Å². The van der Waals surface area contributed by atoms with Crippen molar-refractivity contribution in [3.63, 3.8) is 0 Å². The topological polar surface area (TPSA) is 40.1 Å². The minimum Gasteiger partial charge on any atom is -0.550 e. The van der Waals surface area contributed by atoms with Gasteiger partial charge in [-0.25, -0.2) is 0 Å². The van der Waals surface area contributed by atoms with Crippen molar-refractivity contribution < 1.29 is 39.5 Å². The van der Waals surface area contributed by atoms with E-state index in [0.717, 1.165) is 36.6 Å². The maximum absolute atomic E-state index is 11.2. The zero-order chi connectivity index (χ0) is 10.6. The number of carbonyl (C=O) groups is 1. The Morgan fingerprint density at radius 3 is 2.27 bits per heavy atom. The molecule has 0 amide bonds. The maximum atomic E-state index is 11.2. The van der Waals surface area contributed by atoms with Crippen molar-refractivity contribution in [3.8, 4) is 0 Å². The van der Waals surface area contributed by atoms with Gasteiger partial charge in [0.25, 0.3) is 0 Å². The molecule has 15 heavy (non-hydrogen) atoms. The standard InChI is InChI=1S/C10H14Br2O2.Na/c11-7-8(12)6-10(9(13)14)4-2-1-3-5-10;/h7H,1-6H2,(H,13,14);/q;+1/p-1. The van der Waals surface area contributed by atoms with Gasteiger partial charge in [0.1, 0.15) is 0 Å². The number of carboxylic acids is 1. The average molecular weight is 348 g/mol. The van der Waals surface area contributed by atoms with Gasteiger partial charge in [0.15, 0.2) is 0 Å². The molecule has 1 saturated carbocycles. The van der Waals surface area contributed by atoms with Crippen LogP contribution in [0.15, 0.2) is 9.47 Å². The van der Waals surface area contributed by atoms with Crippen molar-refractivity contribution in [1.29, 1.82) is 0 Å². The van der Waals surface area contributed by atoms with E-state index < -0.39 is 11.4 Å². The van der Waals surface area contributed by atoms with E-state index in [2.05, 4.69) is 31.9 Å². The molecule has 0 aliphatic heterocycles. The van der Waals surface area contributed by atoms with E-state index in [1.54, 1.807) is 4.99 Å². The molecule has 0 bridgehead atoms. The molecule has 0 saturated heterocycles. The molecular weight excluding hydrogens is 335 g/mol. The van der Waals surface area contributed by atoms with Crippen LogP contribution in [0.3, 0.4) is 0 Å². The van der Waals surface area contributed by atoms with Crippen molar-refractivity contribution in [2.45, 2.75) is 38.5 Å². The van der Waals surface area contributed by atoms with E-state index in [0.29, 0.717) is 6.42 Å². The number of carboxylic acid groups (broad SMARTS) is 1. The number of aliphatic carboxylic acids is 1. The first-order chi connectivity index (χ1) is 6.60. The molecule has 0 heterocycles. The molecule has 1 fully saturated rings. The quantitative estimate of drug-likeness (QED) is 0.658. The predicted molar refractivity (Wildman–Crippen MR) is 61.1 cm³/mol. The van der Waals surface area contributed by atoms with Crippen LogP contribution in [0.4, 0.5) is 0 Å². The molecule has 0 unspecified atom stereocenters. The van der Waals surface area contributed by atoms with Gasteiger partial charge in [-0.2, -0.15) is 0 Å². The summed E-state index contributed by atoms with van der Waals surface area (Å²) in [5.41, 5.74) is -0.638. The van der Waals surface area contributed by atoms with E-state index in [4.69, 9.17) is 0 Å². The van der Waals surface area contributed by atoms with Gasteiger partial charge in [-0.1, -0.05) is 51.1 Å². The van der Waals surface area contributed by atoms with Crippen molar-refractivity contribution in [3.05, 3.63) is 9.47 Å². The molecule has 1 aliphatic rings. The van der Waals surface area contributed by atoms with Crippen LogP contribution < -0.4 is 34.7 Å². The number of hydrogen-bond acceptors (Lipinski definition) is 2. The SMILES string of the molecule is O=C([O-])C1(CC(Br)=CBr)CCCCC1.[Na+]. The van der Waals surface area contributed by atoms with Crippen LogP contribution in [0, 0.1) is 5.41 Å². The molecular formula is C10H13Br2NaO2. The molecule has 0 atom stereocenters. The van der Waals surface area contributed by atoms with E-state index in [9.17, 15) is 9.90 Å². The number of allylic oxidation sites excluding steroid dienone is 1. The fraction of sp³-hybridized carbons (Fsp3) is 0.700. The third kappa shape index (κ3) is 4.50. The van der Waals surface area contributed by atoms with Crippen LogP contribution in [0.2, 0.25) is 0 Å². The second-order valence-electron chi connectivity index (χ2n) is 3.86. The molecule has 0 aromatic rings. The van der Waals surface area contributed by atoms with Crippen LogP contribution in [-0.2, 0) is 4.79 Å². The van der Waals surface area contributed by atoms with Crippen LogP contribution in [0.25, 0.3) is 0 Å². The number of rotatable bonds is 3. The summed E-state index contributed by atoms with van der Waals surface area (Å²) in [6, 6.07) is 0. The van der Waals surface area contributed by atoms with Gasteiger partial charge in [0, 0.05) is 15.9 Å². The second kappa shape index (κ2) is 7.49. The van der Waals surface area contributed by atoms with Crippen LogP contribution in [0.1, 0.15) is 38.5 Å². The van der Waals surface area contributed by atoms with Gasteiger partial charge >= 0.3 is 29.6 Å². The van der Waals surface area contributed by atoms with E-state index in [1.807, 2.05) is 0 Å². The Kier molecular flexibility index (Phi) is 8.07. The molecule has 80 valence electrons. The number of carbonyl (C=O) groups excluding carboxylic acids is 1. The Morgan fingerprint density at radius 1 is 1.33 bits per heavy atom. The maximum Gasteiger partial charge on any atom is 1.00 e. The monoisotopic (exact) mass is 346 g/mol. The number of hydrogen-bond donors (Lipinski definition) is 0. The third-order valence-electron chi connectivity index (χ3n) is 2.87. The Hall–Kier alpha value is 1.17. The summed E-state index contributed by atoms with van der Waals surface area (Å²) >= 11 is 6.53. The molecule has 0 aromatic carbocycles. The van der Waals surface area contributed by atoms with Crippen LogP contribution in [-0.4, -0.2) is 5.97 Å². The fourth-order valence-corrected chi connectivity index (χ4v) is 2.74. The summed E-state index contributed by atoms with van der Waals surface area (Å²) in [6.45, 7) is 0. The second-order valence-corrected chi connectivity index (χ2v) is 5.34. The van der Waals surface area contributed by atoms with Gasteiger partial charge in [0.2, 0.25) is 0 Å². The van der Waals surface area contributed by atoms with Gasteiger partial charge in [-0.15, -0.1) is 0 Å². The minimum atomic E-state index is -0.900. The zero-order valence-corrected chi connectivity index (χ0v) is 14.1. The van der Waals surface area contributed by atoms with Gasteiger partial charge < -0.3 is 9.90 Å². The van der Waals surface area contributed by atoms with Crippen LogP contribution in [0.5, 0.6) is 0 Å². The summed E-state index contributed by atoms with van der Waals surface area (Å²) in [7, 11) is 0. The van der Waals surface area contributed by atoms with Crippen molar-refractivity contribution in [2.75, 3.05) is 0 Å². The van der Waals surface area contributed by atoms with Crippen molar-refractivity contribution >= 4 is 37.8 Å². The Balaban J connectivity index is 0.00000196. The largest absolute Gasteiger partial charge is 1.00 e. The molecule has 5 heteroatoms. The summed E-state index contributed by atoms with van der Waals surface area (Å²) in [6.07, 6.45) is 5.16. The fourth-order valence-electron chi connectivity index (χ4n) is 2.04. The first kappa shape index (κ1) is 16.2. The van der Waals surface area contributed by atoms with E-state index >= 15 is 0 Å². The van der Waals surface area contributed by atoms with E-state index in [1.165, 1.54) is 0 Å². The molecule has 0 N–H and O–H groups in total. The van der Waals surface area contributed by atoms with Gasteiger partial charge in [-0.3, -0.25) is 0 Å². The first-order valence-electron chi connectivity index (χ1n) is 4.77. The average Bonchev–Trinajstić information content (AvgIpc) is 2.19. The molecule has 1 rings (SSSR count). The molecule has 1 aliphatic carbocycles.